The number of aryl methyl sites for hydroxylation is 3. The van der Waals surface area contributed by atoms with Gasteiger partial charge in [-0.15, -0.1) is 11.3 Å². The summed E-state index contributed by atoms with van der Waals surface area (Å²) in [7, 11) is 0. The van der Waals surface area contributed by atoms with Gasteiger partial charge in [0.15, 0.2) is 0 Å². The van der Waals surface area contributed by atoms with Crippen molar-refractivity contribution in [2.24, 2.45) is 0 Å². The average Bonchev–Trinajstić information content (AvgIpc) is 2.67. The van der Waals surface area contributed by atoms with Crippen molar-refractivity contribution in [2.75, 3.05) is 5.32 Å². The first-order valence-corrected chi connectivity index (χ1v) is 6.90. The van der Waals surface area contributed by atoms with Crippen molar-refractivity contribution in [3.8, 4) is 6.07 Å². The minimum absolute atomic E-state index is 0.132. The zero-order valence-electron chi connectivity index (χ0n) is 11.5. The number of thiazole rings is 1. The lowest BCUT2D eigenvalue weighted by atomic mass is 10.2. The lowest BCUT2D eigenvalue weighted by molar-refractivity contribution is 0.877. The maximum atomic E-state index is 8.97. The predicted octanol–water partition coefficient (Wildman–Crippen LogP) is 3.51. The zero-order valence-corrected chi connectivity index (χ0v) is 12.3. The third-order valence-electron chi connectivity index (χ3n) is 2.78. The van der Waals surface area contributed by atoms with Crippen LogP contribution in [0.5, 0.6) is 0 Å². The molecule has 0 amide bonds. The van der Waals surface area contributed by atoms with Gasteiger partial charge in [0.25, 0.3) is 0 Å². The van der Waals surface area contributed by atoms with E-state index in [0.29, 0.717) is 5.56 Å². The second kappa shape index (κ2) is 5.37. The number of aromatic nitrogens is 2. The maximum Gasteiger partial charge on any atom is 0.128 e. The number of hydrogen-bond acceptors (Lipinski definition) is 5. The van der Waals surface area contributed by atoms with Gasteiger partial charge in [-0.05, 0) is 39.8 Å². The highest BCUT2D eigenvalue weighted by Gasteiger charge is 2.13. The van der Waals surface area contributed by atoms with E-state index in [1.54, 1.807) is 23.5 Å². The molecule has 0 saturated heterocycles. The molecule has 2 aromatic heterocycles. The van der Waals surface area contributed by atoms with Crippen LogP contribution >= 0.6 is 11.3 Å². The van der Waals surface area contributed by atoms with Gasteiger partial charge in [-0.1, -0.05) is 0 Å². The van der Waals surface area contributed by atoms with Crippen molar-refractivity contribution in [3.63, 3.8) is 0 Å². The van der Waals surface area contributed by atoms with Gasteiger partial charge in [-0.25, -0.2) is 9.97 Å². The Morgan fingerprint density at radius 1 is 1.26 bits per heavy atom. The summed E-state index contributed by atoms with van der Waals surface area (Å²) in [6.45, 7) is 7.99. The van der Waals surface area contributed by atoms with Crippen molar-refractivity contribution in [1.29, 1.82) is 5.26 Å². The Morgan fingerprint density at radius 3 is 2.58 bits per heavy atom. The van der Waals surface area contributed by atoms with Crippen molar-refractivity contribution < 1.29 is 0 Å². The first-order valence-electron chi connectivity index (χ1n) is 6.09. The minimum Gasteiger partial charge on any atom is -0.363 e. The summed E-state index contributed by atoms with van der Waals surface area (Å²) in [6.07, 6.45) is 0. The molecule has 0 aliphatic rings. The van der Waals surface area contributed by atoms with Gasteiger partial charge >= 0.3 is 0 Å². The monoisotopic (exact) mass is 272 g/mol. The SMILES string of the molecule is Cc1cc(C#N)cc(NC(C)c2sc(C)nc2C)n1. The fourth-order valence-electron chi connectivity index (χ4n) is 2.04. The zero-order chi connectivity index (χ0) is 14.0. The van der Waals surface area contributed by atoms with Gasteiger partial charge in [-0.3, -0.25) is 0 Å². The van der Waals surface area contributed by atoms with E-state index in [1.807, 2.05) is 20.8 Å². The molecule has 2 heterocycles. The molecule has 0 radical (unpaired) electrons. The van der Waals surface area contributed by atoms with E-state index in [-0.39, 0.29) is 6.04 Å². The lowest BCUT2D eigenvalue weighted by Crippen LogP contribution is -2.08. The fraction of sp³-hybridized carbons (Fsp3) is 0.357. The van der Waals surface area contributed by atoms with Crippen molar-refractivity contribution >= 4 is 17.2 Å². The molecule has 0 aromatic carbocycles. The number of nitrogens with one attached hydrogen (secondary N) is 1. The van der Waals surface area contributed by atoms with Gasteiger partial charge in [0.1, 0.15) is 5.82 Å². The number of rotatable bonds is 3. The smallest absolute Gasteiger partial charge is 0.128 e. The van der Waals surface area contributed by atoms with Crippen LogP contribution in [0.15, 0.2) is 12.1 Å². The van der Waals surface area contributed by atoms with Crippen LogP contribution in [0.3, 0.4) is 0 Å². The van der Waals surface area contributed by atoms with Crippen LogP contribution in [0, 0.1) is 32.1 Å². The van der Waals surface area contributed by atoms with Crippen LogP contribution in [-0.2, 0) is 0 Å². The fourth-order valence-corrected chi connectivity index (χ4v) is 2.97. The molecule has 4 nitrogen and oxygen atoms in total. The molecule has 19 heavy (non-hydrogen) atoms. The number of anilines is 1. The van der Waals surface area contributed by atoms with Crippen LogP contribution in [0.25, 0.3) is 0 Å². The standard InChI is InChI=1S/C14H16N4S/c1-8-5-12(7-15)6-13(16-8)18-10(3)14-9(2)17-11(4)19-14/h5-6,10H,1-4H3,(H,16,18). The van der Waals surface area contributed by atoms with E-state index >= 15 is 0 Å². The van der Waals surface area contributed by atoms with E-state index in [9.17, 15) is 0 Å². The van der Waals surface area contributed by atoms with E-state index in [0.717, 1.165) is 22.2 Å². The highest BCUT2D eigenvalue weighted by molar-refractivity contribution is 7.11. The van der Waals surface area contributed by atoms with Crippen LogP contribution in [0.1, 0.15) is 39.8 Å². The van der Waals surface area contributed by atoms with Crippen molar-refractivity contribution in [3.05, 3.63) is 39.0 Å². The van der Waals surface area contributed by atoms with Crippen LogP contribution in [-0.4, -0.2) is 9.97 Å². The normalized spacial score (nSPS) is 11.9. The largest absolute Gasteiger partial charge is 0.363 e. The number of pyridine rings is 1. The van der Waals surface area contributed by atoms with E-state index in [4.69, 9.17) is 5.26 Å². The van der Waals surface area contributed by atoms with Crippen LogP contribution in [0.2, 0.25) is 0 Å². The summed E-state index contributed by atoms with van der Waals surface area (Å²) in [5.74, 6) is 0.731. The van der Waals surface area contributed by atoms with Gasteiger partial charge in [0.05, 0.1) is 28.4 Å². The van der Waals surface area contributed by atoms with Gasteiger partial charge in [0.2, 0.25) is 0 Å². The summed E-state index contributed by atoms with van der Waals surface area (Å²) in [5.41, 5.74) is 2.51. The molecule has 0 spiro atoms. The third-order valence-corrected chi connectivity index (χ3v) is 4.04. The molecule has 0 saturated carbocycles. The Kier molecular flexibility index (Phi) is 3.82. The molecule has 0 aliphatic carbocycles. The first kappa shape index (κ1) is 13.5. The molecule has 2 rings (SSSR count). The second-order valence-electron chi connectivity index (χ2n) is 4.54. The molecular weight excluding hydrogens is 256 g/mol. The maximum absolute atomic E-state index is 8.97. The molecule has 5 heteroatoms. The molecule has 0 fully saturated rings. The van der Waals surface area contributed by atoms with E-state index in [2.05, 4.69) is 28.3 Å². The summed E-state index contributed by atoms with van der Waals surface area (Å²) in [6, 6.07) is 5.82. The Labute approximate surface area is 117 Å². The van der Waals surface area contributed by atoms with E-state index < -0.39 is 0 Å². The highest BCUT2D eigenvalue weighted by atomic mass is 32.1. The molecule has 1 N–H and O–H groups in total. The van der Waals surface area contributed by atoms with Crippen molar-refractivity contribution in [1.82, 2.24) is 9.97 Å². The molecule has 0 bridgehead atoms. The summed E-state index contributed by atoms with van der Waals surface area (Å²) in [5, 5.41) is 13.4. The number of nitriles is 1. The lowest BCUT2D eigenvalue weighted by Gasteiger charge is -2.14. The quantitative estimate of drug-likeness (QED) is 0.928. The first-order chi connectivity index (χ1) is 8.99. The van der Waals surface area contributed by atoms with Gasteiger partial charge < -0.3 is 5.32 Å². The minimum atomic E-state index is 0.132. The Bertz CT molecular complexity index is 639. The van der Waals surface area contributed by atoms with Crippen molar-refractivity contribution in [2.45, 2.75) is 33.7 Å². The highest BCUT2D eigenvalue weighted by Crippen LogP contribution is 2.27. The summed E-state index contributed by atoms with van der Waals surface area (Å²) >= 11 is 1.69. The van der Waals surface area contributed by atoms with Crippen LogP contribution in [0.4, 0.5) is 5.82 Å². The average molecular weight is 272 g/mol. The molecule has 2 aromatic rings. The number of hydrogen-bond donors (Lipinski definition) is 1. The summed E-state index contributed by atoms with van der Waals surface area (Å²) in [4.78, 5) is 10.0. The van der Waals surface area contributed by atoms with Crippen LogP contribution < -0.4 is 5.32 Å². The van der Waals surface area contributed by atoms with Gasteiger partial charge in [-0.2, -0.15) is 5.26 Å². The van der Waals surface area contributed by atoms with Gasteiger partial charge in [0, 0.05) is 10.6 Å². The molecule has 0 aliphatic heterocycles. The Balaban J connectivity index is 2.24. The second-order valence-corrected chi connectivity index (χ2v) is 5.78. The molecule has 1 atom stereocenters. The Morgan fingerprint density at radius 2 is 2.00 bits per heavy atom. The number of nitrogens with zero attached hydrogens (tertiary/aromatic N) is 3. The molecule has 98 valence electrons. The summed E-state index contributed by atoms with van der Waals surface area (Å²) < 4.78 is 0. The molecule has 1 unspecified atom stereocenters. The topological polar surface area (TPSA) is 61.6 Å². The molecular formula is C14H16N4S. The van der Waals surface area contributed by atoms with E-state index in [1.165, 1.54) is 4.88 Å². The predicted molar refractivity (Wildman–Crippen MR) is 77.3 cm³/mol. The third kappa shape index (κ3) is 3.09. The Hall–Kier alpha value is -1.93.